The van der Waals surface area contributed by atoms with E-state index in [1.165, 1.54) is 17.0 Å². The summed E-state index contributed by atoms with van der Waals surface area (Å²) in [6.45, 7) is 3.86. The summed E-state index contributed by atoms with van der Waals surface area (Å²) in [6.07, 6.45) is 1.05. The molecule has 2 heterocycles. The first-order chi connectivity index (χ1) is 15.4. The van der Waals surface area contributed by atoms with Crippen LogP contribution in [0.1, 0.15) is 29.5 Å². The number of pyridine rings is 1. The Morgan fingerprint density at radius 2 is 1.91 bits per heavy atom. The summed E-state index contributed by atoms with van der Waals surface area (Å²) in [5.41, 5.74) is 3.77. The molecule has 32 heavy (non-hydrogen) atoms. The smallest absolute Gasteiger partial charge is 0.407 e. The summed E-state index contributed by atoms with van der Waals surface area (Å²) in [4.78, 5) is 17.3. The van der Waals surface area contributed by atoms with E-state index in [-0.39, 0.29) is 11.2 Å². The van der Waals surface area contributed by atoms with Crippen molar-refractivity contribution in [1.29, 1.82) is 0 Å². The molecule has 0 saturated carbocycles. The number of carbonyl (C=O) groups is 1. The Morgan fingerprint density at radius 3 is 2.59 bits per heavy atom. The number of fused-ring (bicyclic) bond motifs is 1. The highest BCUT2D eigenvalue weighted by atomic mass is 35.5. The third-order valence-electron chi connectivity index (χ3n) is 6.32. The van der Waals surface area contributed by atoms with E-state index in [2.05, 4.69) is 24.0 Å². The average Bonchev–Trinajstić information content (AvgIpc) is 2.77. The zero-order valence-electron chi connectivity index (χ0n) is 18.0. The van der Waals surface area contributed by atoms with Crippen molar-refractivity contribution < 1.29 is 19.0 Å². The predicted octanol–water partition coefficient (Wildman–Crippen LogP) is 5.61. The van der Waals surface area contributed by atoms with E-state index in [4.69, 9.17) is 16.3 Å². The topological polar surface area (TPSA) is 62.7 Å². The minimum absolute atomic E-state index is 0.287. The predicted molar refractivity (Wildman–Crippen MR) is 123 cm³/mol. The Kier molecular flexibility index (Phi) is 6.63. The SMILES string of the molecule is Cc1cc(CCOCC2(c3ccc(F)cc3)CCN(C(=O)O)CC2)c2nc(Cl)ccc2c1. The second kappa shape index (κ2) is 9.43. The van der Waals surface area contributed by atoms with E-state index in [1.54, 1.807) is 18.2 Å². The Hall–Kier alpha value is -2.70. The van der Waals surface area contributed by atoms with Crippen LogP contribution in [0, 0.1) is 12.7 Å². The second-order valence-electron chi connectivity index (χ2n) is 8.49. The van der Waals surface area contributed by atoms with Gasteiger partial charge in [0.05, 0.1) is 18.7 Å². The summed E-state index contributed by atoms with van der Waals surface area (Å²) in [6, 6.07) is 14.4. The molecule has 0 aliphatic carbocycles. The zero-order valence-corrected chi connectivity index (χ0v) is 18.7. The highest BCUT2D eigenvalue weighted by molar-refractivity contribution is 6.29. The molecule has 1 N–H and O–H groups in total. The lowest BCUT2D eigenvalue weighted by Crippen LogP contribution is -2.47. The van der Waals surface area contributed by atoms with Crippen molar-refractivity contribution >= 4 is 28.6 Å². The molecule has 0 radical (unpaired) electrons. The summed E-state index contributed by atoms with van der Waals surface area (Å²) < 4.78 is 19.7. The Bertz CT molecular complexity index is 1110. The lowest BCUT2D eigenvalue weighted by molar-refractivity contribution is 0.0461. The van der Waals surface area contributed by atoms with Crippen LogP contribution in [-0.4, -0.2) is 47.4 Å². The first-order valence-electron chi connectivity index (χ1n) is 10.7. The van der Waals surface area contributed by atoms with Crippen molar-refractivity contribution in [2.75, 3.05) is 26.3 Å². The minimum atomic E-state index is -0.906. The lowest BCUT2D eigenvalue weighted by atomic mass is 9.73. The van der Waals surface area contributed by atoms with Crippen molar-refractivity contribution in [2.45, 2.75) is 31.6 Å². The van der Waals surface area contributed by atoms with Gasteiger partial charge in [0.15, 0.2) is 0 Å². The van der Waals surface area contributed by atoms with Crippen LogP contribution in [0.4, 0.5) is 9.18 Å². The van der Waals surface area contributed by atoms with Crippen molar-refractivity contribution in [3.63, 3.8) is 0 Å². The van der Waals surface area contributed by atoms with Crippen LogP contribution in [0.25, 0.3) is 10.9 Å². The van der Waals surface area contributed by atoms with Crippen LogP contribution in [0.5, 0.6) is 0 Å². The van der Waals surface area contributed by atoms with Crippen molar-refractivity contribution in [3.05, 3.63) is 76.2 Å². The number of likely N-dealkylation sites (tertiary alicyclic amines) is 1. The molecule has 4 rings (SSSR count). The third-order valence-corrected chi connectivity index (χ3v) is 6.53. The van der Waals surface area contributed by atoms with Crippen LogP contribution in [0.15, 0.2) is 48.5 Å². The third kappa shape index (κ3) is 4.87. The number of hydrogen-bond donors (Lipinski definition) is 1. The maximum Gasteiger partial charge on any atom is 0.407 e. The molecule has 1 amide bonds. The number of amides is 1. The fourth-order valence-electron chi connectivity index (χ4n) is 4.54. The van der Waals surface area contributed by atoms with Gasteiger partial charge in [-0.15, -0.1) is 0 Å². The Morgan fingerprint density at radius 1 is 1.19 bits per heavy atom. The van der Waals surface area contributed by atoms with E-state index in [1.807, 2.05) is 6.07 Å². The first kappa shape index (κ1) is 22.5. The summed E-state index contributed by atoms with van der Waals surface area (Å²) >= 11 is 6.11. The number of rotatable bonds is 6. The normalized spacial score (nSPS) is 15.8. The fourth-order valence-corrected chi connectivity index (χ4v) is 4.68. The van der Waals surface area contributed by atoms with Gasteiger partial charge in [0.2, 0.25) is 0 Å². The van der Waals surface area contributed by atoms with Crippen molar-refractivity contribution in [3.8, 4) is 0 Å². The lowest BCUT2D eigenvalue weighted by Gasteiger charge is -2.41. The molecular formula is C25H26ClFN2O3. The van der Waals surface area contributed by atoms with Crippen LogP contribution >= 0.6 is 11.6 Å². The Labute approximate surface area is 191 Å². The van der Waals surface area contributed by atoms with Gasteiger partial charge >= 0.3 is 6.09 Å². The molecule has 5 nitrogen and oxygen atoms in total. The Balaban J connectivity index is 1.48. The molecule has 3 aromatic rings. The monoisotopic (exact) mass is 456 g/mol. The van der Waals surface area contributed by atoms with Gasteiger partial charge in [-0.1, -0.05) is 35.4 Å². The van der Waals surface area contributed by atoms with Crippen LogP contribution < -0.4 is 0 Å². The van der Waals surface area contributed by atoms with Gasteiger partial charge in [0, 0.05) is 23.9 Å². The molecule has 0 unspecified atom stereocenters. The highest BCUT2D eigenvalue weighted by Crippen LogP contribution is 2.36. The standard InChI is InChI=1S/C25H26ClFN2O3/c1-17-14-18-2-7-22(26)28-23(18)19(15-17)8-13-32-16-25(20-3-5-21(27)6-4-20)9-11-29(12-10-25)24(30)31/h2-7,14-15H,8-13,16H2,1H3,(H,30,31). The molecule has 1 aliphatic heterocycles. The first-order valence-corrected chi connectivity index (χ1v) is 11.1. The maximum atomic E-state index is 13.5. The van der Waals surface area contributed by atoms with Gasteiger partial charge in [-0.05, 0) is 67.6 Å². The molecule has 168 valence electrons. The number of carboxylic acid groups (broad SMARTS) is 1. The molecule has 2 aromatic carbocycles. The number of benzene rings is 2. The summed E-state index contributed by atoms with van der Waals surface area (Å²) in [5, 5.41) is 10.8. The molecule has 0 spiro atoms. The second-order valence-corrected chi connectivity index (χ2v) is 8.88. The van der Waals surface area contributed by atoms with E-state index in [9.17, 15) is 14.3 Å². The molecule has 0 bridgehead atoms. The molecular weight excluding hydrogens is 431 g/mol. The summed E-state index contributed by atoms with van der Waals surface area (Å²) in [5.74, 6) is -0.287. The van der Waals surface area contributed by atoms with E-state index < -0.39 is 6.09 Å². The van der Waals surface area contributed by atoms with Crippen molar-refractivity contribution in [2.24, 2.45) is 0 Å². The largest absolute Gasteiger partial charge is 0.465 e. The molecule has 1 aromatic heterocycles. The van der Waals surface area contributed by atoms with E-state index in [0.29, 0.717) is 50.7 Å². The van der Waals surface area contributed by atoms with Crippen LogP contribution in [-0.2, 0) is 16.6 Å². The van der Waals surface area contributed by atoms with Gasteiger partial charge in [-0.2, -0.15) is 0 Å². The number of hydrogen-bond acceptors (Lipinski definition) is 3. The van der Waals surface area contributed by atoms with Gasteiger partial charge in [0.1, 0.15) is 11.0 Å². The van der Waals surface area contributed by atoms with Crippen LogP contribution in [0.2, 0.25) is 5.15 Å². The molecule has 1 saturated heterocycles. The number of aryl methyl sites for hydroxylation is 1. The van der Waals surface area contributed by atoms with Crippen molar-refractivity contribution in [1.82, 2.24) is 9.88 Å². The van der Waals surface area contributed by atoms with E-state index >= 15 is 0 Å². The minimum Gasteiger partial charge on any atom is -0.465 e. The molecule has 0 atom stereocenters. The highest BCUT2D eigenvalue weighted by Gasteiger charge is 2.37. The summed E-state index contributed by atoms with van der Waals surface area (Å²) in [7, 11) is 0. The molecule has 7 heteroatoms. The fraction of sp³-hybridized carbons (Fsp3) is 0.360. The van der Waals surface area contributed by atoms with E-state index in [0.717, 1.165) is 27.6 Å². The average molecular weight is 457 g/mol. The van der Waals surface area contributed by atoms with Crippen LogP contribution in [0.3, 0.4) is 0 Å². The van der Waals surface area contributed by atoms with Gasteiger partial charge in [-0.25, -0.2) is 14.2 Å². The quantitative estimate of drug-likeness (QED) is 0.387. The van der Waals surface area contributed by atoms with Gasteiger partial charge < -0.3 is 14.7 Å². The number of aromatic nitrogens is 1. The number of piperidine rings is 1. The molecule has 1 fully saturated rings. The number of halogens is 2. The van der Waals surface area contributed by atoms with Gasteiger partial charge in [0.25, 0.3) is 0 Å². The van der Waals surface area contributed by atoms with Gasteiger partial charge in [-0.3, -0.25) is 0 Å². The zero-order chi connectivity index (χ0) is 22.7. The molecule has 1 aliphatic rings. The number of ether oxygens (including phenoxy) is 1. The maximum absolute atomic E-state index is 13.5. The number of nitrogens with zero attached hydrogens (tertiary/aromatic N) is 2.